The van der Waals surface area contributed by atoms with Crippen LogP contribution in [0.25, 0.3) is 11.0 Å². The first-order valence-corrected chi connectivity index (χ1v) is 6.62. The summed E-state index contributed by atoms with van der Waals surface area (Å²) in [5, 5.41) is 4.39. The molecule has 3 heteroatoms. The highest BCUT2D eigenvalue weighted by Crippen LogP contribution is 2.30. The molecule has 96 valence electrons. The average Bonchev–Trinajstić information content (AvgIpc) is 3.08. The second kappa shape index (κ2) is 4.39. The lowest BCUT2D eigenvalue weighted by molar-refractivity contribution is 0.505. The Morgan fingerprint density at radius 3 is 2.83 bits per heavy atom. The highest BCUT2D eigenvalue weighted by Gasteiger charge is 2.22. The zero-order chi connectivity index (χ0) is 12.7. The molecule has 0 atom stereocenters. The molecule has 1 N–H and O–H groups in total. The molecule has 0 aliphatic heterocycles. The third-order valence-electron chi connectivity index (χ3n) is 3.61. The van der Waals surface area contributed by atoms with E-state index >= 15 is 0 Å². The summed E-state index contributed by atoms with van der Waals surface area (Å²) in [5.41, 5.74) is 2.85. The van der Waals surface area contributed by atoms with Crippen molar-refractivity contribution in [1.82, 2.24) is 5.32 Å². The van der Waals surface area contributed by atoms with Crippen LogP contribution < -0.4 is 5.32 Å². The van der Waals surface area contributed by atoms with Gasteiger partial charge in [0.25, 0.3) is 0 Å². The summed E-state index contributed by atoms with van der Waals surface area (Å²) in [6.07, 6.45) is 3.39. The van der Waals surface area contributed by atoms with Gasteiger partial charge in [0, 0.05) is 17.0 Å². The van der Waals surface area contributed by atoms with E-state index < -0.39 is 0 Å². The van der Waals surface area contributed by atoms with Gasteiger partial charge in [0.1, 0.15) is 17.2 Å². The third-order valence-corrected chi connectivity index (χ3v) is 3.61. The molecule has 2 aromatic rings. The zero-order valence-electron chi connectivity index (χ0n) is 10.8. The molecule has 1 aromatic heterocycles. The minimum absolute atomic E-state index is 0.183. The standard InChI is InChI=1S/C15H18FNO/c1-3-12-13-7-10(16)6-9(2)15(13)18-14(12)8-17-11-4-5-11/h6-7,11,17H,3-5,8H2,1-2H3. The van der Waals surface area contributed by atoms with Crippen molar-refractivity contribution in [2.45, 2.75) is 45.7 Å². The maximum atomic E-state index is 13.5. The number of furan rings is 1. The Morgan fingerprint density at radius 2 is 2.17 bits per heavy atom. The van der Waals surface area contributed by atoms with Crippen molar-refractivity contribution in [3.05, 3.63) is 34.8 Å². The summed E-state index contributed by atoms with van der Waals surface area (Å²) in [6.45, 7) is 4.74. The number of halogens is 1. The van der Waals surface area contributed by atoms with E-state index in [2.05, 4.69) is 12.2 Å². The first-order chi connectivity index (χ1) is 8.69. The van der Waals surface area contributed by atoms with Crippen LogP contribution in [-0.2, 0) is 13.0 Å². The third kappa shape index (κ3) is 2.03. The lowest BCUT2D eigenvalue weighted by Gasteiger charge is -2.01. The number of nitrogens with one attached hydrogen (secondary N) is 1. The van der Waals surface area contributed by atoms with Gasteiger partial charge in [-0.2, -0.15) is 0 Å². The minimum atomic E-state index is -0.183. The lowest BCUT2D eigenvalue weighted by atomic mass is 10.1. The number of fused-ring (bicyclic) bond motifs is 1. The SMILES string of the molecule is CCc1c(CNC2CC2)oc2c(C)cc(F)cc12. The Hall–Kier alpha value is -1.35. The molecule has 1 fully saturated rings. The highest BCUT2D eigenvalue weighted by molar-refractivity contribution is 5.85. The van der Waals surface area contributed by atoms with E-state index in [4.69, 9.17) is 4.42 Å². The van der Waals surface area contributed by atoms with E-state index in [1.54, 1.807) is 6.07 Å². The van der Waals surface area contributed by atoms with Gasteiger partial charge in [0.05, 0.1) is 6.54 Å². The average molecular weight is 247 g/mol. The zero-order valence-corrected chi connectivity index (χ0v) is 10.8. The van der Waals surface area contributed by atoms with Crippen LogP contribution >= 0.6 is 0 Å². The molecule has 0 spiro atoms. The van der Waals surface area contributed by atoms with Gasteiger partial charge in [-0.15, -0.1) is 0 Å². The summed E-state index contributed by atoms with van der Waals surface area (Å²) >= 11 is 0. The summed E-state index contributed by atoms with van der Waals surface area (Å²) in [5.74, 6) is 0.783. The Balaban J connectivity index is 2.04. The topological polar surface area (TPSA) is 25.2 Å². The normalized spacial score (nSPS) is 15.5. The fourth-order valence-corrected chi connectivity index (χ4v) is 2.48. The van der Waals surface area contributed by atoms with E-state index in [1.165, 1.54) is 18.9 Å². The Kier molecular flexibility index (Phi) is 2.86. The van der Waals surface area contributed by atoms with Crippen LogP contribution in [0.15, 0.2) is 16.5 Å². The molecule has 18 heavy (non-hydrogen) atoms. The number of aryl methyl sites for hydroxylation is 2. The maximum absolute atomic E-state index is 13.5. The molecule has 1 heterocycles. The van der Waals surface area contributed by atoms with Crippen molar-refractivity contribution < 1.29 is 8.81 Å². The summed E-state index contributed by atoms with van der Waals surface area (Å²) in [4.78, 5) is 0. The van der Waals surface area contributed by atoms with Crippen molar-refractivity contribution in [3.63, 3.8) is 0 Å². The molecule has 0 amide bonds. The molecule has 2 nitrogen and oxygen atoms in total. The first kappa shape index (κ1) is 11.7. The van der Waals surface area contributed by atoms with Gasteiger partial charge in [-0.1, -0.05) is 6.92 Å². The summed E-state index contributed by atoms with van der Waals surface area (Å²) < 4.78 is 19.4. The molecule has 0 unspecified atom stereocenters. The van der Waals surface area contributed by atoms with Gasteiger partial charge >= 0.3 is 0 Å². The van der Waals surface area contributed by atoms with Crippen LogP contribution in [0.4, 0.5) is 4.39 Å². The van der Waals surface area contributed by atoms with Gasteiger partial charge < -0.3 is 9.73 Å². The number of hydrogen-bond donors (Lipinski definition) is 1. The molecular weight excluding hydrogens is 229 g/mol. The van der Waals surface area contributed by atoms with Gasteiger partial charge in [0.15, 0.2) is 0 Å². The molecule has 0 radical (unpaired) electrons. The van der Waals surface area contributed by atoms with Gasteiger partial charge in [-0.25, -0.2) is 4.39 Å². The molecule has 1 aromatic carbocycles. The van der Waals surface area contributed by atoms with Crippen molar-refractivity contribution in [2.24, 2.45) is 0 Å². The molecule has 1 aliphatic rings. The van der Waals surface area contributed by atoms with Crippen LogP contribution in [0.1, 0.15) is 36.7 Å². The van der Waals surface area contributed by atoms with Crippen LogP contribution in [0, 0.1) is 12.7 Å². The second-order valence-corrected chi connectivity index (χ2v) is 5.11. The summed E-state index contributed by atoms with van der Waals surface area (Å²) in [7, 11) is 0. The lowest BCUT2D eigenvalue weighted by Crippen LogP contribution is -2.15. The van der Waals surface area contributed by atoms with E-state index in [-0.39, 0.29) is 5.82 Å². The van der Waals surface area contributed by atoms with Gasteiger partial charge in [-0.3, -0.25) is 0 Å². The second-order valence-electron chi connectivity index (χ2n) is 5.11. The van der Waals surface area contributed by atoms with Crippen LogP contribution in [0.3, 0.4) is 0 Å². The van der Waals surface area contributed by atoms with E-state index in [9.17, 15) is 4.39 Å². The summed E-state index contributed by atoms with van der Waals surface area (Å²) in [6, 6.07) is 3.77. The molecule has 3 rings (SSSR count). The van der Waals surface area contributed by atoms with Gasteiger partial charge in [-0.05, 0) is 43.9 Å². The predicted octanol–water partition coefficient (Wildman–Crippen LogP) is 3.69. The van der Waals surface area contributed by atoms with Crippen LogP contribution in [0.5, 0.6) is 0 Å². The van der Waals surface area contributed by atoms with Crippen LogP contribution in [-0.4, -0.2) is 6.04 Å². The first-order valence-electron chi connectivity index (χ1n) is 6.62. The Morgan fingerprint density at radius 1 is 1.39 bits per heavy atom. The smallest absolute Gasteiger partial charge is 0.137 e. The van der Waals surface area contributed by atoms with Gasteiger partial charge in [0.2, 0.25) is 0 Å². The highest BCUT2D eigenvalue weighted by atomic mass is 19.1. The number of hydrogen-bond acceptors (Lipinski definition) is 2. The molecule has 0 bridgehead atoms. The van der Waals surface area contributed by atoms with Crippen molar-refractivity contribution in [2.75, 3.05) is 0 Å². The monoisotopic (exact) mass is 247 g/mol. The van der Waals surface area contributed by atoms with E-state index in [0.29, 0.717) is 6.04 Å². The van der Waals surface area contributed by atoms with Crippen molar-refractivity contribution in [1.29, 1.82) is 0 Å². The quantitative estimate of drug-likeness (QED) is 0.891. The van der Waals surface area contributed by atoms with Crippen molar-refractivity contribution >= 4 is 11.0 Å². The van der Waals surface area contributed by atoms with E-state index in [0.717, 1.165) is 40.8 Å². The molecule has 0 saturated heterocycles. The Labute approximate surface area is 106 Å². The van der Waals surface area contributed by atoms with E-state index in [1.807, 2.05) is 6.92 Å². The molecule has 1 saturated carbocycles. The Bertz CT molecular complexity index is 584. The molecular formula is C15H18FNO. The maximum Gasteiger partial charge on any atom is 0.137 e. The number of benzene rings is 1. The fourth-order valence-electron chi connectivity index (χ4n) is 2.48. The fraction of sp³-hybridized carbons (Fsp3) is 0.467. The minimum Gasteiger partial charge on any atom is -0.459 e. The van der Waals surface area contributed by atoms with Crippen LogP contribution in [0.2, 0.25) is 0 Å². The largest absolute Gasteiger partial charge is 0.459 e. The predicted molar refractivity (Wildman–Crippen MR) is 70.1 cm³/mol. The van der Waals surface area contributed by atoms with Crippen molar-refractivity contribution in [3.8, 4) is 0 Å². The number of rotatable bonds is 4. The molecule has 1 aliphatic carbocycles.